The number of fused-ring (bicyclic) bond motifs is 1. The van der Waals surface area contributed by atoms with E-state index in [1.54, 1.807) is 0 Å². The highest BCUT2D eigenvalue weighted by molar-refractivity contribution is 5.83. The van der Waals surface area contributed by atoms with Crippen LogP contribution in [-0.4, -0.2) is 54.0 Å². The molecular formula is C19H27N3O. The first kappa shape index (κ1) is 15.2. The van der Waals surface area contributed by atoms with Crippen molar-refractivity contribution in [3.05, 3.63) is 35.9 Å². The second kappa shape index (κ2) is 6.62. The van der Waals surface area contributed by atoms with Crippen LogP contribution < -0.4 is 5.32 Å². The summed E-state index contributed by atoms with van der Waals surface area (Å²) in [5.41, 5.74) is 1.14. The minimum absolute atomic E-state index is 0.127. The summed E-state index contributed by atoms with van der Waals surface area (Å²) in [6.45, 7) is 4.47. The first-order valence-electron chi connectivity index (χ1n) is 9.15. The number of hydrogen-bond donors (Lipinski definition) is 1. The summed E-state index contributed by atoms with van der Waals surface area (Å²) in [4.78, 5) is 18.0. The first-order chi connectivity index (χ1) is 11.3. The summed E-state index contributed by atoms with van der Waals surface area (Å²) >= 11 is 0. The number of nitrogens with one attached hydrogen (secondary N) is 1. The van der Waals surface area contributed by atoms with E-state index in [0.29, 0.717) is 12.1 Å². The second-order valence-electron chi connectivity index (χ2n) is 7.28. The lowest BCUT2D eigenvalue weighted by molar-refractivity contribution is -0.127. The van der Waals surface area contributed by atoms with Crippen LogP contribution in [0.5, 0.6) is 0 Å². The maximum absolute atomic E-state index is 12.9. The molecule has 0 unspecified atom stereocenters. The third-order valence-corrected chi connectivity index (χ3v) is 5.49. The van der Waals surface area contributed by atoms with Crippen LogP contribution in [0.25, 0.3) is 0 Å². The number of nitrogens with zero attached hydrogens (tertiary/aromatic N) is 2. The predicted molar refractivity (Wildman–Crippen MR) is 91.1 cm³/mol. The molecule has 3 fully saturated rings. The third kappa shape index (κ3) is 3.43. The summed E-state index contributed by atoms with van der Waals surface area (Å²) < 4.78 is 0. The lowest BCUT2D eigenvalue weighted by Gasteiger charge is -2.32. The first-order valence-corrected chi connectivity index (χ1v) is 9.15. The molecule has 2 atom stereocenters. The Balaban J connectivity index is 1.57. The molecule has 1 aromatic rings. The van der Waals surface area contributed by atoms with E-state index in [9.17, 15) is 4.79 Å². The molecular weight excluding hydrogens is 286 g/mol. The Morgan fingerprint density at radius 2 is 1.83 bits per heavy atom. The summed E-state index contributed by atoms with van der Waals surface area (Å²) in [6, 6.07) is 11.3. The highest BCUT2D eigenvalue weighted by atomic mass is 16.2. The topological polar surface area (TPSA) is 35.6 Å². The second-order valence-corrected chi connectivity index (χ2v) is 7.28. The molecule has 0 bridgehead atoms. The highest BCUT2D eigenvalue weighted by Gasteiger charge is 2.36. The van der Waals surface area contributed by atoms with Gasteiger partial charge in [-0.3, -0.25) is 14.6 Å². The van der Waals surface area contributed by atoms with Crippen molar-refractivity contribution in [1.29, 1.82) is 0 Å². The molecule has 0 spiro atoms. The van der Waals surface area contributed by atoms with Crippen LogP contribution in [0.15, 0.2) is 30.3 Å². The van der Waals surface area contributed by atoms with Crippen molar-refractivity contribution in [3.8, 4) is 0 Å². The molecule has 1 aliphatic carbocycles. The zero-order chi connectivity index (χ0) is 15.6. The van der Waals surface area contributed by atoms with Crippen molar-refractivity contribution in [2.24, 2.45) is 0 Å². The smallest absolute Gasteiger partial charge is 0.242 e. The van der Waals surface area contributed by atoms with Crippen molar-refractivity contribution < 1.29 is 4.79 Å². The average molecular weight is 313 g/mol. The quantitative estimate of drug-likeness (QED) is 0.925. The van der Waals surface area contributed by atoms with Crippen molar-refractivity contribution >= 4 is 5.91 Å². The lowest BCUT2D eigenvalue weighted by atomic mass is 10.0. The fourth-order valence-corrected chi connectivity index (χ4v) is 4.14. The Hall–Kier alpha value is -1.39. The summed E-state index contributed by atoms with van der Waals surface area (Å²) in [5, 5.41) is 3.24. The van der Waals surface area contributed by atoms with Gasteiger partial charge in [0.15, 0.2) is 0 Å². The van der Waals surface area contributed by atoms with Crippen LogP contribution in [-0.2, 0) is 4.79 Å². The lowest BCUT2D eigenvalue weighted by Crippen LogP contribution is -2.45. The van der Waals surface area contributed by atoms with Gasteiger partial charge in [-0.25, -0.2) is 0 Å². The fourth-order valence-electron chi connectivity index (χ4n) is 4.14. The SMILES string of the molecule is O=C(NC1CC1)[C@@H](c1ccccc1)N1CCCN2CCC[C@H]2C1. The summed E-state index contributed by atoms with van der Waals surface area (Å²) in [5.74, 6) is 0.199. The van der Waals surface area contributed by atoms with Crippen LogP contribution >= 0.6 is 0 Å². The van der Waals surface area contributed by atoms with Crippen LogP contribution in [0.1, 0.15) is 43.7 Å². The minimum Gasteiger partial charge on any atom is -0.352 e. The van der Waals surface area contributed by atoms with E-state index >= 15 is 0 Å². The zero-order valence-corrected chi connectivity index (χ0v) is 13.8. The molecule has 0 radical (unpaired) electrons. The molecule has 2 saturated heterocycles. The fraction of sp³-hybridized carbons (Fsp3) is 0.632. The number of amides is 1. The number of hydrogen-bond acceptors (Lipinski definition) is 3. The van der Waals surface area contributed by atoms with E-state index in [0.717, 1.165) is 37.9 Å². The van der Waals surface area contributed by atoms with Gasteiger partial charge in [0, 0.05) is 25.2 Å². The van der Waals surface area contributed by atoms with Gasteiger partial charge >= 0.3 is 0 Å². The van der Waals surface area contributed by atoms with E-state index in [-0.39, 0.29) is 11.9 Å². The highest BCUT2D eigenvalue weighted by Crippen LogP contribution is 2.29. The monoisotopic (exact) mass is 313 g/mol. The number of carbonyl (C=O) groups excluding carboxylic acids is 1. The molecule has 1 amide bonds. The normalized spacial score (nSPS) is 27.2. The zero-order valence-electron chi connectivity index (χ0n) is 13.8. The van der Waals surface area contributed by atoms with Crippen molar-refractivity contribution in [2.75, 3.05) is 26.2 Å². The van der Waals surface area contributed by atoms with Gasteiger partial charge in [0.05, 0.1) is 0 Å². The minimum atomic E-state index is -0.127. The number of carbonyl (C=O) groups is 1. The number of rotatable bonds is 4. The van der Waals surface area contributed by atoms with E-state index in [1.807, 2.05) is 18.2 Å². The van der Waals surface area contributed by atoms with Crippen molar-refractivity contribution in [2.45, 2.75) is 50.2 Å². The average Bonchev–Trinajstić information content (AvgIpc) is 3.31. The molecule has 2 heterocycles. The standard InChI is InChI=1S/C19H27N3O/c23-19(20-16-9-10-16)18(15-6-2-1-3-7-15)22-13-5-12-21-11-4-8-17(21)14-22/h1-3,6-7,16-18H,4-5,8-14H2,(H,20,23)/t17-,18+/m0/s1. The van der Waals surface area contributed by atoms with Gasteiger partial charge in [0.25, 0.3) is 0 Å². The van der Waals surface area contributed by atoms with Gasteiger partial charge in [-0.1, -0.05) is 30.3 Å². The maximum Gasteiger partial charge on any atom is 0.242 e. The third-order valence-electron chi connectivity index (χ3n) is 5.49. The Kier molecular flexibility index (Phi) is 4.36. The number of benzene rings is 1. The van der Waals surface area contributed by atoms with Gasteiger partial charge in [-0.05, 0) is 50.8 Å². The molecule has 23 heavy (non-hydrogen) atoms. The van der Waals surface area contributed by atoms with E-state index in [1.165, 1.54) is 25.9 Å². The van der Waals surface area contributed by atoms with Crippen LogP contribution in [0.4, 0.5) is 0 Å². The molecule has 4 nitrogen and oxygen atoms in total. The predicted octanol–water partition coefficient (Wildman–Crippen LogP) is 2.18. The molecule has 4 rings (SSSR count). The van der Waals surface area contributed by atoms with Gasteiger partial charge in [0.1, 0.15) is 6.04 Å². The van der Waals surface area contributed by atoms with Gasteiger partial charge in [-0.2, -0.15) is 0 Å². The van der Waals surface area contributed by atoms with Crippen LogP contribution in [0.3, 0.4) is 0 Å². The Labute approximate surface area is 138 Å². The van der Waals surface area contributed by atoms with E-state index in [2.05, 4.69) is 27.2 Å². The van der Waals surface area contributed by atoms with Crippen molar-refractivity contribution in [1.82, 2.24) is 15.1 Å². The molecule has 1 aromatic carbocycles. The van der Waals surface area contributed by atoms with E-state index < -0.39 is 0 Å². The van der Waals surface area contributed by atoms with Crippen molar-refractivity contribution in [3.63, 3.8) is 0 Å². The Morgan fingerprint density at radius 3 is 2.61 bits per heavy atom. The van der Waals surface area contributed by atoms with Crippen LogP contribution in [0.2, 0.25) is 0 Å². The van der Waals surface area contributed by atoms with Crippen LogP contribution in [0, 0.1) is 0 Å². The molecule has 124 valence electrons. The van der Waals surface area contributed by atoms with Gasteiger partial charge in [0.2, 0.25) is 5.91 Å². The molecule has 0 aromatic heterocycles. The molecule has 3 aliphatic rings. The molecule has 2 aliphatic heterocycles. The summed E-state index contributed by atoms with van der Waals surface area (Å²) in [6.07, 6.45) is 6.04. The largest absolute Gasteiger partial charge is 0.352 e. The maximum atomic E-state index is 12.9. The molecule has 1 saturated carbocycles. The van der Waals surface area contributed by atoms with Gasteiger partial charge < -0.3 is 5.32 Å². The Bertz CT molecular complexity index is 543. The summed E-state index contributed by atoms with van der Waals surface area (Å²) in [7, 11) is 0. The molecule has 1 N–H and O–H groups in total. The van der Waals surface area contributed by atoms with Gasteiger partial charge in [-0.15, -0.1) is 0 Å². The Morgan fingerprint density at radius 1 is 1.04 bits per heavy atom. The molecule has 4 heteroatoms. The van der Waals surface area contributed by atoms with E-state index in [4.69, 9.17) is 0 Å².